The van der Waals surface area contributed by atoms with Gasteiger partial charge in [0, 0.05) is 17.3 Å². The van der Waals surface area contributed by atoms with Crippen LogP contribution in [0.15, 0.2) is 72.8 Å². The zero-order chi connectivity index (χ0) is 29.5. The number of esters is 2. The van der Waals surface area contributed by atoms with Crippen LogP contribution in [0.5, 0.6) is 0 Å². The van der Waals surface area contributed by atoms with E-state index in [9.17, 15) is 19.2 Å². The van der Waals surface area contributed by atoms with E-state index in [0.717, 1.165) is 5.56 Å². The Hall–Kier alpha value is -4.28. The van der Waals surface area contributed by atoms with E-state index < -0.39 is 23.9 Å². The van der Waals surface area contributed by atoms with E-state index in [1.807, 2.05) is 12.1 Å². The Kier molecular flexibility index (Phi) is 9.69. The number of hydrogen-bond donors (Lipinski definition) is 1. The van der Waals surface area contributed by atoms with Gasteiger partial charge in [-0.3, -0.25) is 14.5 Å². The molecule has 1 aliphatic rings. The molecule has 1 aliphatic heterocycles. The molecule has 0 radical (unpaired) electrons. The smallest absolute Gasteiger partial charge is 0.338 e. The number of rotatable bonds is 10. The highest BCUT2D eigenvalue weighted by Gasteiger charge is 2.44. The second kappa shape index (κ2) is 13.4. The van der Waals surface area contributed by atoms with E-state index in [0.29, 0.717) is 40.5 Å². The molecule has 1 saturated heterocycles. The van der Waals surface area contributed by atoms with E-state index in [1.165, 1.54) is 24.1 Å². The summed E-state index contributed by atoms with van der Waals surface area (Å²) in [5, 5.41) is 3.65. The third-order valence-corrected chi connectivity index (χ3v) is 7.15. The summed E-state index contributed by atoms with van der Waals surface area (Å²) in [6, 6.07) is 19.2. The summed E-state index contributed by atoms with van der Waals surface area (Å²) in [5.41, 5.74) is 2.64. The topological polar surface area (TPSA) is 105 Å². The third-order valence-electron chi connectivity index (χ3n) is 6.48. The van der Waals surface area contributed by atoms with Gasteiger partial charge in [-0.15, -0.1) is 0 Å². The van der Waals surface area contributed by atoms with Crippen molar-refractivity contribution in [3.8, 4) is 0 Å². The number of ether oxygens (including phenoxy) is 2. The number of thiocarbonyl (C=S) groups is 1. The molecule has 3 aromatic carbocycles. The van der Waals surface area contributed by atoms with Crippen molar-refractivity contribution in [2.24, 2.45) is 0 Å². The molecule has 1 fully saturated rings. The highest BCUT2D eigenvalue weighted by atomic mass is 35.5. The molecule has 2 amide bonds. The molecule has 0 aliphatic carbocycles. The summed E-state index contributed by atoms with van der Waals surface area (Å²) < 4.78 is 9.74. The Labute approximate surface area is 248 Å². The highest BCUT2D eigenvalue weighted by molar-refractivity contribution is 7.80. The van der Waals surface area contributed by atoms with Gasteiger partial charge in [0.25, 0.3) is 5.91 Å². The van der Waals surface area contributed by atoms with E-state index in [2.05, 4.69) is 5.32 Å². The SMILES string of the molecule is CCOC(=O)c1ccc(N2C(=O)C(CC(=O)Nc3ccc(C(=O)OC)cc3)N(CCc3ccc(Cl)cc3)C2=S)cc1. The molecule has 212 valence electrons. The van der Waals surface area contributed by atoms with Crippen LogP contribution in [0.25, 0.3) is 0 Å². The molecule has 11 heteroatoms. The predicted molar refractivity (Wildman–Crippen MR) is 159 cm³/mol. The highest BCUT2D eigenvalue weighted by Crippen LogP contribution is 2.28. The molecule has 9 nitrogen and oxygen atoms in total. The number of methoxy groups -OCH3 is 1. The van der Waals surface area contributed by atoms with Gasteiger partial charge >= 0.3 is 11.9 Å². The van der Waals surface area contributed by atoms with E-state index in [-0.39, 0.29) is 24.0 Å². The number of amides is 2. The van der Waals surface area contributed by atoms with Gasteiger partial charge in [-0.1, -0.05) is 23.7 Å². The molecule has 4 rings (SSSR count). The summed E-state index contributed by atoms with van der Waals surface area (Å²) >= 11 is 11.8. The molecule has 41 heavy (non-hydrogen) atoms. The van der Waals surface area contributed by atoms with Gasteiger partial charge in [-0.25, -0.2) is 9.59 Å². The molecular formula is C30H28ClN3O6S. The fourth-order valence-electron chi connectivity index (χ4n) is 4.38. The Balaban J connectivity index is 1.54. The lowest BCUT2D eigenvalue weighted by Crippen LogP contribution is -2.39. The minimum atomic E-state index is -0.853. The molecule has 1 N–H and O–H groups in total. The van der Waals surface area contributed by atoms with Gasteiger partial charge in [0.15, 0.2) is 5.11 Å². The fourth-order valence-corrected chi connectivity index (χ4v) is 4.92. The molecular weight excluding hydrogens is 566 g/mol. The molecule has 3 aromatic rings. The minimum Gasteiger partial charge on any atom is -0.465 e. The zero-order valence-corrected chi connectivity index (χ0v) is 24.0. The number of benzene rings is 3. The van der Waals surface area contributed by atoms with Crippen molar-refractivity contribution in [3.05, 3.63) is 94.5 Å². The Bertz CT molecular complexity index is 1440. The summed E-state index contributed by atoms with van der Waals surface area (Å²) in [6.45, 7) is 2.35. The first kappa shape index (κ1) is 29.7. The molecule has 1 unspecified atom stereocenters. The summed E-state index contributed by atoms with van der Waals surface area (Å²) in [5.74, 6) is -1.70. The zero-order valence-electron chi connectivity index (χ0n) is 22.5. The van der Waals surface area contributed by atoms with Gasteiger partial charge in [-0.05, 0) is 91.8 Å². The van der Waals surface area contributed by atoms with Crippen LogP contribution in [-0.4, -0.2) is 60.1 Å². The number of carbonyl (C=O) groups is 4. The predicted octanol–water partition coefficient (Wildman–Crippen LogP) is 4.88. The van der Waals surface area contributed by atoms with Crippen LogP contribution in [-0.2, 0) is 25.5 Å². The van der Waals surface area contributed by atoms with Crippen molar-refractivity contribution >= 4 is 64.1 Å². The third kappa shape index (κ3) is 7.08. The first-order valence-corrected chi connectivity index (χ1v) is 13.6. The van der Waals surface area contributed by atoms with E-state index in [4.69, 9.17) is 33.3 Å². The Morgan fingerprint density at radius 1 is 0.927 bits per heavy atom. The van der Waals surface area contributed by atoms with Crippen molar-refractivity contribution < 1.29 is 28.7 Å². The first-order valence-electron chi connectivity index (χ1n) is 12.9. The van der Waals surface area contributed by atoms with Crippen molar-refractivity contribution in [1.82, 2.24) is 4.90 Å². The van der Waals surface area contributed by atoms with Crippen LogP contribution in [0.3, 0.4) is 0 Å². The lowest BCUT2D eigenvalue weighted by molar-refractivity contribution is -0.124. The number of nitrogens with zero attached hydrogens (tertiary/aromatic N) is 2. The van der Waals surface area contributed by atoms with E-state index >= 15 is 0 Å². The molecule has 0 saturated carbocycles. The van der Waals surface area contributed by atoms with Gasteiger partial charge < -0.3 is 19.7 Å². The lowest BCUT2D eigenvalue weighted by Gasteiger charge is -2.24. The monoisotopic (exact) mass is 593 g/mol. The molecule has 1 heterocycles. The maximum Gasteiger partial charge on any atom is 0.338 e. The second-order valence-electron chi connectivity index (χ2n) is 9.13. The maximum atomic E-state index is 13.7. The normalized spacial score (nSPS) is 14.7. The molecule has 0 spiro atoms. The van der Waals surface area contributed by atoms with Crippen molar-refractivity contribution in [3.63, 3.8) is 0 Å². The maximum absolute atomic E-state index is 13.7. The number of halogens is 1. The molecule has 1 atom stereocenters. The van der Waals surface area contributed by atoms with Crippen LogP contribution < -0.4 is 10.2 Å². The lowest BCUT2D eigenvalue weighted by atomic mass is 10.1. The van der Waals surface area contributed by atoms with Gasteiger partial charge in [0.05, 0.1) is 37.0 Å². The van der Waals surface area contributed by atoms with Crippen molar-refractivity contribution in [1.29, 1.82) is 0 Å². The average Bonchev–Trinajstić information content (AvgIpc) is 3.20. The van der Waals surface area contributed by atoms with Crippen molar-refractivity contribution in [2.75, 3.05) is 30.5 Å². The van der Waals surface area contributed by atoms with Crippen LogP contribution in [0.4, 0.5) is 11.4 Å². The largest absolute Gasteiger partial charge is 0.465 e. The number of hydrogen-bond acceptors (Lipinski definition) is 7. The van der Waals surface area contributed by atoms with Gasteiger partial charge in [0.1, 0.15) is 6.04 Å². The quantitative estimate of drug-likeness (QED) is 0.262. The number of anilines is 2. The Morgan fingerprint density at radius 3 is 2.15 bits per heavy atom. The second-order valence-corrected chi connectivity index (χ2v) is 9.93. The van der Waals surface area contributed by atoms with Gasteiger partial charge in [0.2, 0.25) is 5.91 Å². The Morgan fingerprint density at radius 2 is 1.54 bits per heavy atom. The minimum absolute atomic E-state index is 0.157. The summed E-state index contributed by atoms with van der Waals surface area (Å²) in [7, 11) is 1.29. The summed E-state index contributed by atoms with van der Waals surface area (Å²) in [6.07, 6.45) is 0.406. The molecule has 0 aromatic heterocycles. The van der Waals surface area contributed by atoms with Crippen LogP contribution in [0, 0.1) is 0 Å². The number of carbonyl (C=O) groups excluding carboxylic acids is 4. The summed E-state index contributed by atoms with van der Waals surface area (Å²) in [4.78, 5) is 53.7. The molecule has 0 bridgehead atoms. The van der Waals surface area contributed by atoms with Gasteiger partial charge in [-0.2, -0.15) is 0 Å². The fraction of sp³-hybridized carbons (Fsp3) is 0.233. The van der Waals surface area contributed by atoms with Crippen LogP contribution in [0.1, 0.15) is 39.6 Å². The average molecular weight is 594 g/mol. The van der Waals surface area contributed by atoms with Crippen molar-refractivity contribution in [2.45, 2.75) is 25.8 Å². The van der Waals surface area contributed by atoms with Crippen LogP contribution in [0.2, 0.25) is 5.02 Å². The van der Waals surface area contributed by atoms with E-state index in [1.54, 1.807) is 60.4 Å². The number of nitrogens with one attached hydrogen (secondary N) is 1. The standard InChI is InChI=1S/C30H28ClN3O6S/c1-3-40-29(38)21-8-14-24(15-9-21)34-27(36)25(33(30(34)41)17-16-19-4-10-22(31)11-5-19)18-26(35)32-23-12-6-20(7-13-23)28(37)39-2/h4-15,25H,3,16-18H2,1-2H3,(H,32,35). The van der Waals surface area contributed by atoms with Crippen LogP contribution >= 0.6 is 23.8 Å². The first-order chi connectivity index (χ1) is 19.7.